The fourth-order valence-corrected chi connectivity index (χ4v) is 4.25. The molecule has 0 aliphatic heterocycles. The zero-order chi connectivity index (χ0) is 52.1. The van der Waals surface area contributed by atoms with Crippen LogP contribution in [0.5, 0.6) is 0 Å². The van der Waals surface area contributed by atoms with Crippen LogP contribution in [-0.2, 0) is 38.1 Å². The lowest BCUT2D eigenvalue weighted by Gasteiger charge is -2.20. The molecule has 0 aliphatic carbocycles. The zero-order valence-electron chi connectivity index (χ0n) is 43.9. The number of allylic oxidation sites excluding steroid dienone is 6. The molecule has 0 heterocycles. The molecule has 1 amide bonds. The molecule has 0 spiro atoms. The molecule has 0 aliphatic rings. The number of amides is 1. The van der Waals surface area contributed by atoms with Crippen molar-refractivity contribution in [3.8, 4) is 24.3 Å². The lowest BCUT2D eigenvalue weighted by molar-refractivity contribution is -0.149. The maximum Gasteiger partial charge on any atom is 0.349 e. The van der Waals surface area contributed by atoms with Gasteiger partial charge in [-0.2, -0.15) is 21.0 Å². The first-order valence-electron chi connectivity index (χ1n) is 21.0. The van der Waals surface area contributed by atoms with E-state index in [4.69, 9.17) is 35.3 Å². The molecule has 0 radical (unpaired) electrons. The first-order chi connectivity index (χ1) is 28.5. The van der Waals surface area contributed by atoms with E-state index in [0.29, 0.717) is 18.7 Å². The van der Waals surface area contributed by atoms with Crippen LogP contribution in [-0.4, -0.2) is 62.9 Å². The highest BCUT2D eigenvalue weighted by molar-refractivity contribution is 5.97. The van der Waals surface area contributed by atoms with Crippen molar-refractivity contribution in [2.45, 2.75) is 164 Å². The number of carbonyl (C=O) groups is 4. The average Bonchev–Trinajstić information content (AvgIpc) is 3.08. The first kappa shape index (κ1) is 67.6. The summed E-state index contributed by atoms with van der Waals surface area (Å²) < 4.78 is 19.4. The normalized spacial score (nSPS) is 12.7. The molecule has 0 atom stereocenters. The minimum absolute atomic E-state index is 0.0400. The Morgan fingerprint density at radius 3 is 1.16 bits per heavy atom. The van der Waals surface area contributed by atoms with Crippen molar-refractivity contribution in [1.82, 2.24) is 5.32 Å². The molecule has 0 saturated carbocycles. The van der Waals surface area contributed by atoms with Gasteiger partial charge in [0.05, 0.1) is 25.9 Å². The van der Waals surface area contributed by atoms with E-state index in [1.807, 2.05) is 120 Å². The molecule has 64 heavy (non-hydrogen) atoms. The van der Waals surface area contributed by atoms with E-state index in [0.717, 1.165) is 5.57 Å². The summed E-state index contributed by atoms with van der Waals surface area (Å²) in [5.74, 6) is -1.69. The third-order valence-electron chi connectivity index (χ3n) is 6.09. The molecule has 0 rings (SSSR count). The van der Waals surface area contributed by atoms with Gasteiger partial charge in [0.2, 0.25) is 0 Å². The van der Waals surface area contributed by atoms with Crippen molar-refractivity contribution in [1.29, 1.82) is 21.0 Å². The predicted molar refractivity (Wildman–Crippen MR) is 255 cm³/mol. The molecule has 0 fully saturated rings. The van der Waals surface area contributed by atoms with Crippen molar-refractivity contribution < 1.29 is 38.1 Å². The number of ether oxygens (including phenoxy) is 4. The van der Waals surface area contributed by atoms with Gasteiger partial charge in [-0.15, -0.1) is 0 Å². The summed E-state index contributed by atoms with van der Waals surface area (Å²) in [5, 5.41) is 37.4. The fourth-order valence-electron chi connectivity index (χ4n) is 4.25. The monoisotopic (exact) mass is 894 g/mol. The van der Waals surface area contributed by atoms with Crippen molar-refractivity contribution >= 4 is 23.8 Å². The summed E-state index contributed by atoms with van der Waals surface area (Å²) in [4.78, 5) is 45.3. The highest BCUT2D eigenvalue weighted by Gasteiger charge is 2.22. The molecule has 0 aromatic carbocycles. The number of carbonyl (C=O) groups excluding carboxylic acids is 4. The molecule has 0 aromatic heterocycles. The van der Waals surface area contributed by atoms with Crippen LogP contribution < -0.4 is 5.32 Å². The highest BCUT2D eigenvalue weighted by atomic mass is 16.6. The zero-order valence-corrected chi connectivity index (χ0v) is 43.9. The Morgan fingerprint density at radius 1 is 0.531 bits per heavy atom. The second kappa shape index (κ2) is 31.4. The average molecular weight is 894 g/mol. The fraction of sp³-hybridized carbons (Fsp3) is 0.647. The topological polar surface area (TPSA) is 212 Å². The van der Waals surface area contributed by atoms with Crippen molar-refractivity contribution in [3.05, 3.63) is 58.2 Å². The summed E-state index contributed by atoms with van der Waals surface area (Å²) >= 11 is 0. The molecule has 1 N–H and O–H groups in total. The summed E-state index contributed by atoms with van der Waals surface area (Å²) in [6.07, 6.45) is 8.58. The van der Waals surface area contributed by atoms with E-state index in [1.54, 1.807) is 66.9 Å². The molecule has 360 valence electrons. The van der Waals surface area contributed by atoms with Crippen LogP contribution in [0.4, 0.5) is 0 Å². The number of esters is 3. The Morgan fingerprint density at radius 2 is 0.891 bits per heavy atom. The van der Waals surface area contributed by atoms with Gasteiger partial charge in [0, 0.05) is 24.8 Å². The van der Waals surface area contributed by atoms with Gasteiger partial charge in [0.25, 0.3) is 5.91 Å². The van der Waals surface area contributed by atoms with E-state index in [2.05, 4.69) is 36.9 Å². The van der Waals surface area contributed by atoms with Crippen molar-refractivity contribution in [3.63, 3.8) is 0 Å². The minimum Gasteiger partial charge on any atom is -0.466 e. The van der Waals surface area contributed by atoms with E-state index in [1.165, 1.54) is 7.11 Å². The number of hydrogen-bond acceptors (Lipinski definition) is 12. The first-order valence-corrected chi connectivity index (χ1v) is 21.0. The third-order valence-corrected chi connectivity index (χ3v) is 6.09. The third kappa shape index (κ3) is 49.2. The number of rotatable bonds is 8. The molecule has 0 bridgehead atoms. The van der Waals surface area contributed by atoms with Gasteiger partial charge in [-0.3, -0.25) is 4.79 Å². The molecule has 0 saturated heterocycles. The maximum absolute atomic E-state index is 11.6. The van der Waals surface area contributed by atoms with E-state index in [-0.39, 0.29) is 61.8 Å². The molecule has 13 nitrogen and oxygen atoms in total. The summed E-state index contributed by atoms with van der Waals surface area (Å²) in [7, 11) is 2.95. The van der Waals surface area contributed by atoms with Crippen LogP contribution >= 0.6 is 0 Å². The molecule has 0 unspecified atom stereocenters. The summed E-state index contributed by atoms with van der Waals surface area (Å²) in [6.45, 7) is 43.0. The Hall–Kier alpha value is -5.50. The van der Waals surface area contributed by atoms with Crippen LogP contribution in [0.3, 0.4) is 0 Å². The summed E-state index contributed by atoms with van der Waals surface area (Å²) in [6, 6.07) is 7.69. The lowest BCUT2D eigenvalue weighted by Crippen LogP contribution is -2.28. The van der Waals surface area contributed by atoms with Crippen LogP contribution in [0.15, 0.2) is 58.2 Å². The smallest absolute Gasteiger partial charge is 0.349 e. The lowest BCUT2D eigenvalue weighted by atomic mass is 9.93. The predicted octanol–water partition coefficient (Wildman–Crippen LogP) is 11.2. The Labute approximate surface area is 388 Å². The molecule has 0 aromatic rings. The number of nitrogens with one attached hydrogen (secondary N) is 1. The van der Waals surface area contributed by atoms with Crippen LogP contribution in [0.25, 0.3) is 0 Å². The Bertz CT molecular complexity index is 1810. The van der Waals surface area contributed by atoms with Crippen LogP contribution in [0, 0.1) is 72.4 Å². The van der Waals surface area contributed by atoms with Crippen molar-refractivity contribution in [2.24, 2.45) is 27.1 Å². The van der Waals surface area contributed by atoms with Gasteiger partial charge in [-0.1, -0.05) is 134 Å². The van der Waals surface area contributed by atoms with Crippen molar-refractivity contribution in [2.75, 3.05) is 27.4 Å². The van der Waals surface area contributed by atoms with Gasteiger partial charge in [0.1, 0.15) is 40.5 Å². The van der Waals surface area contributed by atoms with E-state index < -0.39 is 17.5 Å². The standard InChI is InChI=1S/C12H19NO2.C11H18N2O2.C11H17NO2.C9H16O2.C8H13N/c1-11(2,3)7-9(8-13)10(14)15-12(4,5)6;1-11(2,3)7-9(8-12)10(14)13-5-6-15-4;1-8(2)14-10(13)9(7-12)6-11(3,4)5;1-7(8(10)11-5)6-9(2,3)4;1-7(6-9)5-8(2,3)4/h7H,1-6H3;7H,5-6H2,1-4H3,(H,13,14);6,8H,1-5H3;6H,1-5H3;5H,1-4H3/b2*9-7+;9-6+;7-6+;7-5+. The van der Waals surface area contributed by atoms with Crippen LogP contribution in [0.2, 0.25) is 0 Å². The van der Waals surface area contributed by atoms with Gasteiger partial charge >= 0.3 is 17.9 Å². The second-order valence-electron chi connectivity index (χ2n) is 21.3. The van der Waals surface area contributed by atoms with Gasteiger partial charge < -0.3 is 24.3 Å². The maximum atomic E-state index is 11.6. The SMILES string of the molecule is C/C(C#N)=C\C(C)(C)C.CC(C)(C)/C=C(\C#N)C(=O)OC(C)(C)C.CC(C)OC(=O)/C(C#N)=C/C(C)(C)C.COC(=O)/C(C)=C/C(C)(C)C.COCCNC(=O)/C(C#N)=C/C(C)(C)C. The van der Waals surface area contributed by atoms with Gasteiger partial charge in [0.15, 0.2) is 0 Å². The molecular weight excluding hydrogens is 811 g/mol. The molecular formula is C51H83N5O8. The van der Waals surface area contributed by atoms with E-state index >= 15 is 0 Å². The molecule has 13 heteroatoms. The van der Waals surface area contributed by atoms with Gasteiger partial charge in [-0.25, -0.2) is 14.4 Å². The Balaban J connectivity index is -0.000000229. The number of nitrogens with zero attached hydrogens (tertiary/aromatic N) is 4. The number of nitriles is 4. The van der Waals surface area contributed by atoms with Gasteiger partial charge in [-0.05, 0) is 75.5 Å². The highest BCUT2D eigenvalue weighted by Crippen LogP contribution is 2.21. The van der Waals surface area contributed by atoms with E-state index in [9.17, 15) is 19.2 Å². The Kier molecular flexibility index (Phi) is 33.1. The number of methoxy groups -OCH3 is 2. The largest absolute Gasteiger partial charge is 0.466 e. The number of hydrogen-bond donors (Lipinski definition) is 1. The van der Waals surface area contributed by atoms with Crippen LogP contribution in [0.1, 0.15) is 152 Å². The quantitative estimate of drug-likeness (QED) is 0.0792. The second-order valence-corrected chi connectivity index (χ2v) is 21.3. The minimum atomic E-state index is -0.565. The summed E-state index contributed by atoms with van der Waals surface area (Å²) in [5.41, 5.74) is 0.792.